The molecule has 2 atom stereocenters. The molecule has 0 heterocycles. The van der Waals surface area contributed by atoms with Gasteiger partial charge >= 0.3 is 0 Å². The predicted molar refractivity (Wildman–Crippen MR) is 276 cm³/mol. The van der Waals surface area contributed by atoms with Gasteiger partial charge in [-0.1, -0.05) is 154 Å². The Morgan fingerprint density at radius 3 is 1.49 bits per heavy atom. The summed E-state index contributed by atoms with van der Waals surface area (Å²) in [7, 11) is 4.50. The minimum absolute atomic E-state index is 0.0440. The lowest BCUT2D eigenvalue weighted by Crippen LogP contribution is -2.52. The zero-order valence-corrected chi connectivity index (χ0v) is 42.7. The van der Waals surface area contributed by atoms with Gasteiger partial charge in [-0.3, -0.25) is 4.79 Å². The van der Waals surface area contributed by atoms with Gasteiger partial charge in [-0.25, -0.2) is 0 Å². The van der Waals surface area contributed by atoms with Gasteiger partial charge in [-0.05, 0) is 123 Å². The molecule has 0 aliphatic heterocycles. The first kappa shape index (κ1) is 61.7. The van der Waals surface area contributed by atoms with Crippen molar-refractivity contribution in [3.05, 3.63) is 24.3 Å². The van der Waals surface area contributed by atoms with Crippen LogP contribution in [0.1, 0.15) is 219 Å². The molecule has 0 aromatic rings. The highest BCUT2D eigenvalue weighted by atomic mass is 16.5. The van der Waals surface area contributed by atoms with E-state index in [0.717, 1.165) is 88.9 Å². The van der Waals surface area contributed by atoms with Gasteiger partial charge < -0.3 is 41.4 Å². The highest BCUT2D eigenvalue weighted by molar-refractivity contribution is 5.81. The lowest BCUT2D eigenvalue weighted by Gasteiger charge is -2.33. The lowest BCUT2D eigenvalue weighted by molar-refractivity contribution is -0.892. The average molecular weight is 893 g/mol. The fraction of sp³-hybridized carbons (Fsp3) is 0.907. The number of ether oxygens (including phenoxy) is 2. The Hall–Kier alpha value is -1.33. The van der Waals surface area contributed by atoms with Crippen LogP contribution in [0.4, 0.5) is 0 Å². The Labute approximate surface area is 392 Å². The number of likely N-dealkylation sites (N-methyl/N-ethyl adjacent to an activating group) is 1. The number of nitrogens with zero attached hydrogens (tertiary/aromatic N) is 1. The first-order chi connectivity index (χ1) is 30.9. The normalized spacial score (nSPS) is 13.2. The lowest BCUT2D eigenvalue weighted by atomic mass is 10.1. The molecule has 0 bridgehead atoms. The topological polar surface area (TPSA) is 124 Å². The molecule has 374 valence electrons. The summed E-state index contributed by atoms with van der Waals surface area (Å²) >= 11 is 0. The van der Waals surface area contributed by atoms with Crippen LogP contribution in [-0.2, 0) is 14.3 Å². The van der Waals surface area contributed by atoms with Crippen LogP contribution in [0.3, 0.4) is 0 Å². The molecule has 0 aromatic heterocycles. The molecule has 9 nitrogen and oxygen atoms in total. The Balaban J connectivity index is 4.65. The van der Waals surface area contributed by atoms with Crippen molar-refractivity contribution in [1.29, 1.82) is 0 Å². The molecule has 7 N–H and O–H groups in total. The van der Waals surface area contributed by atoms with Gasteiger partial charge in [0.25, 0.3) is 0 Å². The molecule has 2 unspecified atom stereocenters. The van der Waals surface area contributed by atoms with Crippen molar-refractivity contribution in [1.82, 2.24) is 16.0 Å². The number of unbranched alkanes of at least 4 members (excludes halogenated alkanes) is 24. The maximum absolute atomic E-state index is 13.3. The molecule has 0 aliphatic carbocycles. The average Bonchev–Trinajstić information content (AvgIpc) is 3.27. The van der Waals surface area contributed by atoms with E-state index in [2.05, 4.69) is 68.2 Å². The third kappa shape index (κ3) is 47.0. The van der Waals surface area contributed by atoms with Crippen LogP contribution >= 0.6 is 0 Å². The summed E-state index contributed by atoms with van der Waals surface area (Å²) in [5, 5.41) is 10.1. The highest BCUT2D eigenvalue weighted by Gasteiger charge is 2.24. The summed E-state index contributed by atoms with van der Waals surface area (Å²) in [6.07, 6.45) is 50.1. The molecule has 0 saturated heterocycles. The second-order valence-corrected chi connectivity index (χ2v) is 19.3. The first-order valence-electron chi connectivity index (χ1n) is 27.3. The van der Waals surface area contributed by atoms with Crippen LogP contribution in [0.5, 0.6) is 0 Å². The fourth-order valence-electron chi connectivity index (χ4n) is 8.15. The van der Waals surface area contributed by atoms with E-state index in [-0.39, 0.29) is 18.1 Å². The van der Waals surface area contributed by atoms with Crippen molar-refractivity contribution >= 4 is 5.91 Å². The minimum atomic E-state index is -0.203. The number of nitrogens with two attached hydrogens (primary N) is 2. The van der Waals surface area contributed by atoms with Crippen LogP contribution in [0.2, 0.25) is 0 Å². The van der Waals surface area contributed by atoms with Gasteiger partial charge in [0.2, 0.25) is 5.91 Å². The summed E-state index contributed by atoms with van der Waals surface area (Å²) in [4.78, 5) is 13.3. The molecule has 0 radical (unpaired) electrons. The van der Waals surface area contributed by atoms with Gasteiger partial charge in [0.05, 0.1) is 39.8 Å². The molecule has 0 aliphatic rings. The highest BCUT2D eigenvalue weighted by Crippen LogP contribution is 2.13. The Morgan fingerprint density at radius 1 is 0.540 bits per heavy atom. The maximum Gasteiger partial charge on any atom is 0.237 e. The largest absolute Gasteiger partial charge is 0.379 e. The minimum Gasteiger partial charge on any atom is -0.379 e. The summed E-state index contributed by atoms with van der Waals surface area (Å²) in [6.45, 7) is 13.0. The zero-order valence-electron chi connectivity index (χ0n) is 42.7. The SMILES string of the molecule is CCCCCCCCC/C=C\CCCCCCCOCC(C[N+](C)(C)CCNC(=O)C(CCCNCCCN)NCCCN)OCCCCCCC/C=C\CCCCCCCCC. The van der Waals surface area contributed by atoms with Gasteiger partial charge in [-0.2, -0.15) is 0 Å². The third-order valence-electron chi connectivity index (χ3n) is 12.3. The van der Waals surface area contributed by atoms with Crippen molar-refractivity contribution in [3.8, 4) is 0 Å². The smallest absolute Gasteiger partial charge is 0.237 e. The van der Waals surface area contributed by atoms with E-state index >= 15 is 0 Å². The van der Waals surface area contributed by atoms with E-state index in [1.165, 1.54) is 167 Å². The Morgan fingerprint density at radius 2 is 0.984 bits per heavy atom. The van der Waals surface area contributed by atoms with Gasteiger partial charge in [-0.15, -0.1) is 0 Å². The van der Waals surface area contributed by atoms with Gasteiger partial charge in [0.1, 0.15) is 12.6 Å². The van der Waals surface area contributed by atoms with Crippen molar-refractivity contribution in [2.45, 2.75) is 231 Å². The van der Waals surface area contributed by atoms with E-state index in [1.54, 1.807) is 0 Å². The predicted octanol–water partition coefficient (Wildman–Crippen LogP) is 11.7. The summed E-state index contributed by atoms with van der Waals surface area (Å²) < 4.78 is 13.6. The Kier molecular flexibility index (Phi) is 49.0. The van der Waals surface area contributed by atoms with Crippen molar-refractivity contribution in [2.75, 3.05) is 86.3 Å². The van der Waals surface area contributed by atoms with Crippen molar-refractivity contribution < 1.29 is 18.8 Å². The van der Waals surface area contributed by atoms with Crippen molar-refractivity contribution in [2.24, 2.45) is 11.5 Å². The van der Waals surface area contributed by atoms with Crippen molar-refractivity contribution in [3.63, 3.8) is 0 Å². The van der Waals surface area contributed by atoms with E-state index in [4.69, 9.17) is 20.9 Å². The van der Waals surface area contributed by atoms with E-state index in [0.29, 0.717) is 26.2 Å². The van der Waals surface area contributed by atoms with Crippen LogP contribution in [0, 0.1) is 0 Å². The molecule has 0 fully saturated rings. The van der Waals surface area contributed by atoms with Gasteiger partial charge in [0.15, 0.2) is 0 Å². The van der Waals surface area contributed by atoms with E-state index < -0.39 is 0 Å². The molecule has 0 spiro atoms. The number of carbonyl (C=O) groups is 1. The maximum atomic E-state index is 13.3. The summed E-state index contributed by atoms with van der Waals surface area (Å²) in [5.74, 6) is 0.0832. The molecule has 0 aromatic carbocycles. The molecule has 1 amide bonds. The van der Waals surface area contributed by atoms with Crippen LogP contribution < -0.4 is 27.4 Å². The summed E-state index contributed by atoms with van der Waals surface area (Å²) in [6, 6.07) is -0.203. The number of allylic oxidation sites excluding steroid dienone is 4. The molecular formula is C54H111N6O3+. The van der Waals surface area contributed by atoms with Crippen LogP contribution in [-0.4, -0.2) is 109 Å². The molecule has 0 saturated carbocycles. The molecule has 0 rings (SSSR count). The molecule has 63 heavy (non-hydrogen) atoms. The second-order valence-electron chi connectivity index (χ2n) is 19.3. The molecule has 9 heteroatoms. The monoisotopic (exact) mass is 892 g/mol. The van der Waals surface area contributed by atoms with Crippen LogP contribution in [0.25, 0.3) is 0 Å². The standard InChI is InChI=1S/C54H110N6O3/c1-5-7-9-11-13-15-17-19-21-23-25-27-29-31-33-35-48-62-51-52(63-49-36-34-32-30-28-26-24-22-20-18-16-14-12-10-8-6-2)50-60(3,4)47-46-59-54(61)53(58-45-39-42-56)40-37-43-57-44-38-41-55/h21-24,52-53,57-58H,5-20,25-51,55-56H2,1-4H3/p+1/b23-21-,24-22-. The van der Waals surface area contributed by atoms with E-state index in [9.17, 15) is 4.79 Å². The number of hydrogen-bond donors (Lipinski definition) is 5. The molecular weight excluding hydrogens is 781 g/mol. The quantitative estimate of drug-likeness (QED) is 0.0234. The Bertz CT molecular complexity index is 979. The second kappa shape index (κ2) is 50.1. The zero-order chi connectivity index (χ0) is 46.0. The van der Waals surface area contributed by atoms with Gasteiger partial charge in [0, 0.05) is 13.2 Å². The third-order valence-corrected chi connectivity index (χ3v) is 12.3. The number of amides is 1. The number of carbonyl (C=O) groups excluding carboxylic acids is 1. The van der Waals surface area contributed by atoms with E-state index in [1.807, 2.05) is 0 Å². The number of hydrogen-bond acceptors (Lipinski definition) is 7. The number of quaternary nitrogens is 1. The number of rotatable bonds is 52. The summed E-state index contributed by atoms with van der Waals surface area (Å²) in [5.41, 5.74) is 11.4. The first-order valence-corrected chi connectivity index (χ1v) is 27.3. The fourth-order valence-corrected chi connectivity index (χ4v) is 8.15. The van der Waals surface area contributed by atoms with Crippen LogP contribution in [0.15, 0.2) is 24.3 Å². The number of nitrogens with one attached hydrogen (secondary N) is 3.